The van der Waals surface area contributed by atoms with E-state index < -0.39 is 0 Å². The van der Waals surface area contributed by atoms with Crippen molar-refractivity contribution in [3.63, 3.8) is 0 Å². The molecule has 0 saturated heterocycles. The highest BCUT2D eigenvalue weighted by molar-refractivity contribution is 5.37. The first-order valence-electron chi connectivity index (χ1n) is 6.72. The molecule has 2 aromatic rings. The third kappa shape index (κ3) is 4.05. The standard InChI is InChI=1S/C16H20N2O2/c1-3-17-10-14-11-18-8-7-16(14)20-15-6-4-5-13(9-15)12-19-2/h4-9,11,17H,3,10,12H2,1-2H3. The Morgan fingerprint density at radius 1 is 1.25 bits per heavy atom. The summed E-state index contributed by atoms with van der Waals surface area (Å²) >= 11 is 0. The molecule has 0 atom stereocenters. The molecule has 0 aliphatic carbocycles. The molecule has 0 bridgehead atoms. The highest BCUT2D eigenvalue weighted by atomic mass is 16.5. The SMILES string of the molecule is CCNCc1cnccc1Oc1cccc(COC)c1. The van der Waals surface area contributed by atoms with Crippen molar-refractivity contribution in [2.45, 2.75) is 20.1 Å². The van der Waals surface area contributed by atoms with Crippen molar-refractivity contribution in [1.82, 2.24) is 10.3 Å². The second-order valence-electron chi connectivity index (χ2n) is 4.45. The predicted molar refractivity (Wildman–Crippen MR) is 78.8 cm³/mol. The normalized spacial score (nSPS) is 10.5. The maximum atomic E-state index is 5.96. The molecule has 1 aromatic heterocycles. The molecule has 0 saturated carbocycles. The van der Waals surface area contributed by atoms with E-state index in [1.807, 2.05) is 36.5 Å². The van der Waals surface area contributed by atoms with E-state index in [2.05, 4.69) is 17.2 Å². The van der Waals surface area contributed by atoms with Gasteiger partial charge in [0.1, 0.15) is 11.5 Å². The lowest BCUT2D eigenvalue weighted by Gasteiger charge is -2.11. The van der Waals surface area contributed by atoms with Crippen LogP contribution in [0.3, 0.4) is 0 Å². The smallest absolute Gasteiger partial charge is 0.134 e. The van der Waals surface area contributed by atoms with Crippen LogP contribution in [0.15, 0.2) is 42.7 Å². The van der Waals surface area contributed by atoms with Gasteiger partial charge in [-0.3, -0.25) is 4.98 Å². The van der Waals surface area contributed by atoms with Crippen molar-refractivity contribution >= 4 is 0 Å². The molecule has 0 radical (unpaired) electrons. The summed E-state index contributed by atoms with van der Waals surface area (Å²) in [5, 5.41) is 3.28. The number of benzene rings is 1. The van der Waals surface area contributed by atoms with Crippen LogP contribution >= 0.6 is 0 Å². The summed E-state index contributed by atoms with van der Waals surface area (Å²) in [7, 11) is 1.69. The Balaban J connectivity index is 2.14. The first kappa shape index (κ1) is 14.5. The van der Waals surface area contributed by atoms with Crippen molar-refractivity contribution in [2.75, 3.05) is 13.7 Å². The summed E-state index contributed by atoms with van der Waals surface area (Å²) in [5.41, 5.74) is 2.14. The zero-order valence-corrected chi connectivity index (χ0v) is 11.9. The molecule has 106 valence electrons. The van der Waals surface area contributed by atoms with Crippen LogP contribution in [0.25, 0.3) is 0 Å². The van der Waals surface area contributed by atoms with Crippen molar-refractivity contribution in [3.8, 4) is 11.5 Å². The molecule has 0 fully saturated rings. The summed E-state index contributed by atoms with van der Waals surface area (Å²) in [6.45, 7) is 4.32. The molecular formula is C16H20N2O2. The van der Waals surface area contributed by atoms with Crippen LogP contribution in [0.2, 0.25) is 0 Å². The Labute approximate surface area is 119 Å². The van der Waals surface area contributed by atoms with E-state index >= 15 is 0 Å². The number of hydrogen-bond donors (Lipinski definition) is 1. The fraction of sp³-hybridized carbons (Fsp3) is 0.312. The molecule has 2 rings (SSSR count). The summed E-state index contributed by atoms with van der Waals surface area (Å²) in [6, 6.07) is 9.80. The molecule has 0 amide bonds. The third-order valence-corrected chi connectivity index (χ3v) is 2.86. The fourth-order valence-electron chi connectivity index (χ4n) is 1.90. The van der Waals surface area contributed by atoms with Gasteiger partial charge in [-0.25, -0.2) is 0 Å². The molecular weight excluding hydrogens is 252 g/mol. The molecule has 1 heterocycles. The Bertz CT molecular complexity index is 544. The molecule has 0 spiro atoms. The zero-order chi connectivity index (χ0) is 14.2. The summed E-state index contributed by atoms with van der Waals surface area (Å²) in [4.78, 5) is 4.15. The van der Waals surface area contributed by atoms with Gasteiger partial charge in [0, 0.05) is 31.6 Å². The van der Waals surface area contributed by atoms with E-state index in [1.165, 1.54) is 0 Å². The quantitative estimate of drug-likeness (QED) is 0.841. The number of nitrogens with zero attached hydrogens (tertiary/aromatic N) is 1. The number of aromatic nitrogens is 1. The number of methoxy groups -OCH3 is 1. The van der Waals surface area contributed by atoms with Gasteiger partial charge in [0.05, 0.1) is 6.61 Å². The highest BCUT2D eigenvalue weighted by Gasteiger charge is 2.05. The Morgan fingerprint density at radius 2 is 2.15 bits per heavy atom. The van der Waals surface area contributed by atoms with E-state index in [0.717, 1.165) is 35.7 Å². The molecule has 20 heavy (non-hydrogen) atoms. The summed E-state index contributed by atoms with van der Waals surface area (Å²) in [5.74, 6) is 1.64. The van der Waals surface area contributed by atoms with Crippen LogP contribution < -0.4 is 10.1 Å². The van der Waals surface area contributed by atoms with E-state index in [9.17, 15) is 0 Å². The van der Waals surface area contributed by atoms with E-state index in [1.54, 1.807) is 13.3 Å². The van der Waals surface area contributed by atoms with Crippen molar-refractivity contribution < 1.29 is 9.47 Å². The largest absolute Gasteiger partial charge is 0.457 e. The second-order valence-corrected chi connectivity index (χ2v) is 4.45. The number of rotatable bonds is 7. The van der Waals surface area contributed by atoms with Crippen LogP contribution in [0, 0.1) is 0 Å². The number of hydrogen-bond acceptors (Lipinski definition) is 4. The van der Waals surface area contributed by atoms with Crippen molar-refractivity contribution in [2.24, 2.45) is 0 Å². The lowest BCUT2D eigenvalue weighted by Crippen LogP contribution is -2.12. The first-order valence-corrected chi connectivity index (χ1v) is 6.72. The minimum atomic E-state index is 0.581. The molecule has 0 aliphatic heterocycles. The molecule has 0 aliphatic rings. The maximum absolute atomic E-state index is 5.96. The van der Waals surface area contributed by atoms with E-state index in [4.69, 9.17) is 9.47 Å². The van der Waals surface area contributed by atoms with Gasteiger partial charge in [0.2, 0.25) is 0 Å². The number of nitrogens with one attached hydrogen (secondary N) is 1. The molecule has 1 aromatic carbocycles. The molecule has 0 unspecified atom stereocenters. The average molecular weight is 272 g/mol. The first-order chi connectivity index (χ1) is 9.83. The molecule has 4 heteroatoms. The highest BCUT2D eigenvalue weighted by Crippen LogP contribution is 2.25. The fourth-order valence-corrected chi connectivity index (χ4v) is 1.90. The van der Waals surface area contributed by atoms with Gasteiger partial charge in [-0.05, 0) is 30.3 Å². The Kier molecular flexibility index (Phi) is 5.53. The third-order valence-electron chi connectivity index (χ3n) is 2.86. The minimum Gasteiger partial charge on any atom is -0.457 e. The monoisotopic (exact) mass is 272 g/mol. The van der Waals surface area contributed by atoms with Crippen LogP contribution in [-0.2, 0) is 17.9 Å². The zero-order valence-electron chi connectivity index (χ0n) is 11.9. The Morgan fingerprint density at radius 3 is 2.95 bits per heavy atom. The lowest BCUT2D eigenvalue weighted by atomic mass is 10.2. The van der Waals surface area contributed by atoms with Gasteiger partial charge in [-0.2, -0.15) is 0 Å². The Hall–Kier alpha value is -1.91. The summed E-state index contributed by atoms with van der Waals surface area (Å²) in [6.07, 6.45) is 3.57. The molecule has 4 nitrogen and oxygen atoms in total. The van der Waals surface area contributed by atoms with Gasteiger partial charge < -0.3 is 14.8 Å². The predicted octanol–water partition coefficient (Wildman–Crippen LogP) is 3.13. The number of ether oxygens (including phenoxy) is 2. The van der Waals surface area contributed by atoms with Gasteiger partial charge >= 0.3 is 0 Å². The summed E-state index contributed by atoms with van der Waals surface area (Å²) < 4.78 is 11.1. The maximum Gasteiger partial charge on any atom is 0.134 e. The minimum absolute atomic E-state index is 0.581. The average Bonchev–Trinajstić information content (AvgIpc) is 2.47. The van der Waals surface area contributed by atoms with Crippen LogP contribution in [-0.4, -0.2) is 18.6 Å². The lowest BCUT2D eigenvalue weighted by molar-refractivity contribution is 0.184. The van der Waals surface area contributed by atoms with E-state index in [-0.39, 0.29) is 0 Å². The second kappa shape index (κ2) is 7.62. The van der Waals surface area contributed by atoms with Crippen LogP contribution in [0.5, 0.6) is 11.5 Å². The topological polar surface area (TPSA) is 43.4 Å². The van der Waals surface area contributed by atoms with Gasteiger partial charge in [-0.1, -0.05) is 19.1 Å². The van der Waals surface area contributed by atoms with Gasteiger partial charge in [0.25, 0.3) is 0 Å². The van der Waals surface area contributed by atoms with Gasteiger partial charge in [0.15, 0.2) is 0 Å². The van der Waals surface area contributed by atoms with Gasteiger partial charge in [-0.15, -0.1) is 0 Å². The van der Waals surface area contributed by atoms with Crippen LogP contribution in [0.4, 0.5) is 0 Å². The molecule has 1 N–H and O–H groups in total. The number of pyridine rings is 1. The van der Waals surface area contributed by atoms with E-state index in [0.29, 0.717) is 6.61 Å². The van der Waals surface area contributed by atoms with Crippen LogP contribution in [0.1, 0.15) is 18.1 Å². The van der Waals surface area contributed by atoms with Crippen molar-refractivity contribution in [3.05, 3.63) is 53.9 Å². The van der Waals surface area contributed by atoms with Crippen molar-refractivity contribution in [1.29, 1.82) is 0 Å².